The monoisotopic (exact) mass is 395 g/mol. The van der Waals surface area contributed by atoms with Gasteiger partial charge in [0.05, 0.1) is 6.10 Å². The zero-order chi connectivity index (χ0) is 18.0. The number of hydrogen-bond donors (Lipinski definition) is 1. The smallest absolute Gasteiger partial charge is 0.299 e. The summed E-state index contributed by atoms with van der Waals surface area (Å²) in [6.45, 7) is 4.50. The fraction of sp³-hybridized carbons (Fsp3) is 0.842. The van der Waals surface area contributed by atoms with E-state index in [-0.39, 0.29) is 28.2 Å². The molecule has 26 heavy (non-hydrogen) atoms. The zero-order valence-corrected chi connectivity index (χ0v) is 17.6. The molecule has 3 unspecified atom stereocenters. The third kappa shape index (κ3) is 3.14. The number of ketones is 1. The maximum Gasteiger partial charge on any atom is 3.00 e. The van der Waals surface area contributed by atoms with E-state index in [2.05, 4.69) is 19.9 Å². The van der Waals surface area contributed by atoms with Gasteiger partial charge in [0, 0.05) is 11.8 Å². The predicted octanol–water partition coefficient (Wildman–Crippen LogP) is 3.33. The molecular weight excluding hydrogens is 367 g/mol. The number of carbonyl (C=O) groups is 1. The third-order valence-corrected chi connectivity index (χ3v) is 8.54. The van der Waals surface area contributed by atoms with Crippen molar-refractivity contribution < 1.29 is 21.9 Å². The van der Waals surface area contributed by atoms with Crippen LogP contribution in [-0.4, -0.2) is 42.2 Å². The Morgan fingerprint density at radius 1 is 1.12 bits per heavy atom. The minimum absolute atomic E-state index is 0. The standard InChI is InChI=1S/C19H28O5S.Al/c1-18-9-7-13(24-25(21,22)23)11-12(18)3-4-14-15-5-6-17(20)19(15,2)10-8-16(14)18;/h3,13-16H,4-11H2,1-2H3,(H,21,22,23);/q;+3/t13-,14?,15?,16?,18-,19-;/m0./s1. The average Bonchev–Trinajstić information content (AvgIpc) is 2.82. The van der Waals surface area contributed by atoms with Crippen LogP contribution in [0.25, 0.3) is 0 Å². The molecule has 6 atom stereocenters. The van der Waals surface area contributed by atoms with Crippen LogP contribution in [0.4, 0.5) is 0 Å². The van der Waals surface area contributed by atoms with Crippen LogP contribution in [0.1, 0.15) is 65.2 Å². The van der Waals surface area contributed by atoms with E-state index in [9.17, 15) is 13.2 Å². The molecule has 4 rings (SSSR count). The van der Waals surface area contributed by atoms with Crippen LogP contribution in [0.2, 0.25) is 0 Å². The Kier molecular flexibility index (Phi) is 5.30. The molecular formula is C19H28AlO5S+3. The summed E-state index contributed by atoms with van der Waals surface area (Å²) in [5, 5.41) is 0. The number of fused-ring (bicyclic) bond motifs is 5. The Hall–Kier alpha value is -0.188. The van der Waals surface area contributed by atoms with Gasteiger partial charge in [0.2, 0.25) is 0 Å². The minimum Gasteiger partial charge on any atom is -0.299 e. The first kappa shape index (κ1) is 20.5. The topological polar surface area (TPSA) is 80.7 Å². The molecule has 4 aliphatic rings. The second kappa shape index (κ2) is 6.70. The molecule has 1 N–H and O–H groups in total. The van der Waals surface area contributed by atoms with Crippen LogP contribution < -0.4 is 0 Å². The number of rotatable bonds is 2. The van der Waals surface area contributed by atoms with Gasteiger partial charge in [-0.1, -0.05) is 25.5 Å². The maximum absolute atomic E-state index is 12.4. The summed E-state index contributed by atoms with van der Waals surface area (Å²) in [5.41, 5.74) is 1.25. The van der Waals surface area contributed by atoms with Gasteiger partial charge >= 0.3 is 27.8 Å². The van der Waals surface area contributed by atoms with Crippen LogP contribution in [0.5, 0.6) is 0 Å². The Balaban J connectivity index is 0.00000196. The quantitative estimate of drug-likeness (QED) is 0.441. The van der Waals surface area contributed by atoms with E-state index in [0.717, 1.165) is 38.5 Å². The summed E-state index contributed by atoms with van der Waals surface area (Å²) in [7, 11) is -4.40. The Bertz CT molecular complexity index is 732. The molecule has 0 aromatic rings. The first-order valence-electron chi connectivity index (χ1n) is 9.52. The van der Waals surface area contributed by atoms with Crippen molar-refractivity contribution in [1.82, 2.24) is 0 Å². The van der Waals surface area contributed by atoms with E-state index in [1.807, 2.05) is 0 Å². The normalized spacial score (nSPS) is 45.0. The van der Waals surface area contributed by atoms with E-state index >= 15 is 0 Å². The van der Waals surface area contributed by atoms with Crippen LogP contribution in [0.15, 0.2) is 11.6 Å². The van der Waals surface area contributed by atoms with Crippen LogP contribution in [0.3, 0.4) is 0 Å². The van der Waals surface area contributed by atoms with E-state index < -0.39 is 16.5 Å². The summed E-state index contributed by atoms with van der Waals surface area (Å²) in [5.74, 6) is 2.10. The fourth-order valence-corrected chi connectivity index (χ4v) is 7.16. The molecule has 0 aliphatic heterocycles. The number of allylic oxidation sites excluding steroid dienone is 1. The summed E-state index contributed by atoms with van der Waals surface area (Å²) >= 11 is 0. The molecule has 0 aromatic heterocycles. The fourth-order valence-electron chi connectivity index (χ4n) is 6.65. The summed E-state index contributed by atoms with van der Waals surface area (Å²) in [4.78, 5) is 12.4. The molecule has 0 aromatic carbocycles. The van der Waals surface area contributed by atoms with Gasteiger partial charge in [-0.2, -0.15) is 8.42 Å². The van der Waals surface area contributed by atoms with Gasteiger partial charge in [0.15, 0.2) is 0 Å². The second-order valence-electron chi connectivity index (χ2n) is 9.07. The van der Waals surface area contributed by atoms with Crippen molar-refractivity contribution in [1.29, 1.82) is 0 Å². The van der Waals surface area contributed by atoms with Crippen molar-refractivity contribution >= 4 is 33.5 Å². The van der Waals surface area contributed by atoms with Crippen molar-refractivity contribution in [3.8, 4) is 0 Å². The summed E-state index contributed by atoms with van der Waals surface area (Å²) in [6, 6.07) is 0. The molecule has 4 aliphatic carbocycles. The van der Waals surface area contributed by atoms with Crippen molar-refractivity contribution in [2.75, 3.05) is 0 Å². The molecule has 0 saturated heterocycles. The van der Waals surface area contributed by atoms with Gasteiger partial charge in [0.1, 0.15) is 5.78 Å². The average molecular weight is 395 g/mol. The van der Waals surface area contributed by atoms with Gasteiger partial charge in [-0.05, 0) is 68.1 Å². The van der Waals surface area contributed by atoms with E-state index in [1.165, 1.54) is 5.57 Å². The Morgan fingerprint density at radius 3 is 2.46 bits per heavy atom. The van der Waals surface area contributed by atoms with Gasteiger partial charge in [-0.3, -0.25) is 9.35 Å². The molecule has 0 radical (unpaired) electrons. The molecule has 0 bridgehead atoms. The first-order chi connectivity index (χ1) is 11.6. The molecule has 140 valence electrons. The summed E-state index contributed by atoms with van der Waals surface area (Å²) < 4.78 is 35.9. The molecule has 7 heteroatoms. The van der Waals surface area contributed by atoms with E-state index in [1.54, 1.807) is 0 Å². The molecule has 5 nitrogen and oxygen atoms in total. The molecule has 0 heterocycles. The molecule has 0 spiro atoms. The molecule has 3 fully saturated rings. The minimum atomic E-state index is -4.40. The van der Waals surface area contributed by atoms with Gasteiger partial charge in [-0.25, -0.2) is 4.18 Å². The predicted molar refractivity (Wildman–Crippen MR) is 98.9 cm³/mol. The third-order valence-electron chi connectivity index (χ3n) is 8.03. The molecule has 0 amide bonds. The van der Waals surface area contributed by atoms with Crippen molar-refractivity contribution in [2.45, 2.75) is 71.3 Å². The Morgan fingerprint density at radius 2 is 1.77 bits per heavy atom. The second-order valence-corrected chi connectivity index (χ2v) is 10.1. The number of carbonyl (C=O) groups excluding carboxylic acids is 1. The van der Waals surface area contributed by atoms with Crippen molar-refractivity contribution in [3.63, 3.8) is 0 Å². The number of Topliss-reactive ketones (excluding diaryl/α,β-unsaturated/α-hetero) is 1. The van der Waals surface area contributed by atoms with E-state index in [4.69, 9.17) is 8.74 Å². The summed E-state index contributed by atoms with van der Waals surface area (Å²) in [6.07, 6.45) is 8.79. The van der Waals surface area contributed by atoms with Crippen LogP contribution >= 0.6 is 0 Å². The Labute approximate surface area is 167 Å². The molecule has 3 saturated carbocycles. The van der Waals surface area contributed by atoms with Crippen molar-refractivity contribution in [2.24, 2.45) is 28.6 Å². The van der Waals surface area contributed by atoms with Crippen LogP contribution in [0, 0.1) is 28.6 Å². The number of hydrogen-bond acceptors (Lipinski definition) is 4. The zero-order valence-electron chi connectivity index (χ0n) is 15.6. The largest absolute Gasteiger partial charge is 3.00 e. The van der Waals surface area contributed by atoms with Gasteiger partial charge < -0.3 is 0 Å². The first-order valence-corrected chi connectivity index (χ1v) is 10.9. The maximum atomic E-state index is 12.4. The van der Waals surface area contributed by atoms with Gasteiger partial charge in [-0.15, -0.1) is 0 Å². The van der Waals surface area contributed by atoms with Gasteiger partial charge in [0.25, 0.3) is 0 Å². The van der Waals surface area contributed by atoms with Crippen molar-refractivity contribution in [3.05, 3.63) is 11.6 Å². The SMILES string of the molecule is C[C@]12CC[C@H](OS(=O)(=O)O)CC1=CCC1C2CC[C@]2(C)C(=O)CCC12.[Al+3]. The van der Waals surface area contributed by atoms with E-state index in [0.29, 0.717) is 36.4 Å². The van der Waals surface area contributed by atoms with Crippen LogP contribution in [-0.2, 0) is 19.4 Å².